The van der Waals surface area contributed by atoms with Crippen LogP contribution in [0, 0.1) is 12.8 Å². The maximum Gasteiger partial charge on any atom is 0.237 e. The summed E-state index contributed by atoms with van der Waals surface area (Å²) in [4.78, 5) is 31.4. The average Bonchev–Trinajstić information content (AvgIpc) is 3.16. The second kappa shape index (κ2) is 9.84. The number of thiazole rings is 1. The zero-order chi connectivity index (χ0) is 20.8. The van der Waals surface area contributed by atoms with Gasteiger partial charge in [0, 0.05) is 17.8 Å². The molecule has 1 aromatic heterocycles. The Morgan fingerprint density at radius 1 is 1.34 bits per heavy atom. The molecule has 1 fully saturated rings. The largest absolute Gasteiger partial charge is 0.497 e. The minimum absolute atomic E-state index is 0.00557. The van der Waals surface area contributed by atoms with E-state index in [1.807, 2.05) is 43.5 Å². The van der Waals surface area contributed by atoms with Gasteiger partial charge in [0.05, 0.1) is 18.8 Å². The number of benzene rings is 1. The lowest BCUT2D eigenvalue weighted by Crippen LogP contribution is -2.49. The summed E-state index contributed by atoms with van der Waals surface area (Å²) >= 11 is 1.44. The van der Waals surface area contributed by atoms with Crippen LogP contribution in [0.2, 0.25) is 0 Å². The lowest BCUT2D eigenvalue weighted by molar-refractivity contribution is -0.127. The number of methoxy groups -OCH3 is 1. The van der Waals surface area contributed by atoms with Crippen LogP contribution in [0.25, 0.3) is 0 Å². The van der Waals surface area contributed by atoms with Crippen molar-refractivity contribution >= 4 is 28.3 Å². The molecule has 3 rings (SSSR count). The molecule has 0 radical (unpaired) electrons. The number of piperidine rings is 1. The minimum Gasteiger partial charge on any atom is -0.497 e. The lowest BCUT2D eigenvalue weighted by atomic mass is 9.95. The highest BCUT2D eigenvalue weighted by Crippen LogP contribution is 2.22. The van der Waals surface area contributed by atoms with Crippen LogP contribution in [0.1, 0.15) is 31.0 Å². The summed E-state index contributed by atoms with van der Waals surface area (Å²) in [6.07, 6.45) is 1.48. The number of likely N-dealkylation sites (tertiary alicyclic amines) is 1. The number of amides is 2. The number of rotatable bonds is 7. The number of ether oxygens (including phenoxy) is 1. The van der Waals surface area contributed by atoms with Crippen LogP contribution in [0.5, 0.6) is 5.75 Å². The first kappa shape index (κ1) is 21.3. The van der Waals surface area contributed by atoms with Gasteiger partial charge in [0.15, 0.2) is 5.13 Å². The van der Waals surface area contributed by atoms with Gasteiger partial charge in [-0.3, -0.25) is 14.5 Å². The quantitative estimate of drug-likeness (QED) is 0.725. The first-order chi connectivity index (χ1) is 14.0. The van der Waals surface area contributed by atoms with Gasteiger partial charge in [0.25, 0.3) is 0 Å². The van der Waals surface area contributed by atoms with Crippen molar-refractivity contribution < 1.29 is 14.3 Å². The summed E-state index contributed by atoms with van der Waals surface area (Å²) in [6.45, 7) is 5.74. The third-order valence-corrected chi connectivity index (χ3v) is 6.15. The number of carbonyl (C=O) groups excluding carboxylic acids is 2. The van der Waals surface area contributed by atoms with Gasteiger partial charge in [-0.05, 0) is 57.5 Å². The average molecular weight is 417 g/mol. The third kappa shape index (κ3) is 5.77. The van der Waals surface area contributed by atoms with Crippen LogP contribution in [0.15, 0.2) is 29.6 Å². The van der Waals surface area contributed by atoms with E-state index in [4.69, 9.17) is 4.74 Å². The fourth-order valence-corrected chi connectivity index (χ4v) is 4.14. The van der Waals surface area contributed by atoms with E-state index >= 15 is 0 Å². The molecule has 0 aliphatic carbocycles. The first-order valence-corrected chi connectivity index (χ1v) is 10.7. The molecule has 0 bridgehead atoms. The van der Waals surface area contributed by atoms with Crippen LogP contribution < -0.4 is 15.4 Å². The number of anilines is 1. The number of aromatic nitrogens is 1. The molecule has 2 N–H and O–H groups in total. The first-order valence-electron chi connectivity index (χ1n) is 9.84. The summed E-state index contributed by atoms with van der Waals surface area (Å²) in [5.41, 5.74) is 1.91. The molecule has 8 heteroatoms. The number of carbonyl (C=O) groups is 2. The molecule has 7 nitrogen and oxygen atoms in total. The fraction of sp³-hybridized carbons (Fsp3) is 0.476. The van der Waals surface area contributed by atoms with E-state index in [1.165, 1.54) is 11.3 Å². The molecule has 1 aromatic carbocycles. The highest BCUT2D eigenvalue weighted by atomic mass is 32.1. The molecule has 2 heterocycles. The molecule has 2 amide bonds. The predicted octanol–water partition coefficient (Wildman–Crippen LogP) is 2.82. The van der Waals surface area contributed by atoms with Gasteiger partial charge < -0.3 is 15.4 Å². The number of nitrogens with zero attached hydrogens (tertiary/aromatic N) is 2. The summed E-state index contributed by atoms with van der Waals surface area (Å²) < 4.78 is 5.22. The van der Waals surface area contributed by atoms with Crippen LogP contribution in [-0.4, -0.2) is 47.9 Å². The molecule has 156 valence electrons. The fourth-order valence-electron chi connectivity index (χ4n) is 3.45. The van der Waals surface area contributed by atoms with Gasteiger partial charge in [-0.15, -0.1) is 11.3 Å². The molecule has 1 aliphatic heterocycles. The van der Waals surface area contributed by atoms with E-state index in [9.17, 15) is 9.59 Å². The van der Waals surface area contributed by atoms with Crippen LogP contribution in [-0.2, 0) is 16.1 Å². The predicted molar refractivity (Wildman–Crippen MR) is 114 cm³/mol. The van der Waals surface area contributed by atoms with E-state index < -0.39 is 0 Å². The number of nitrogens with one attached hydrogen (secondary N) is 2. The van der Waals surface area contributed by atoms with E-state index in [-0.39, 0.29) is 23.8 Å². The molecule has 29 heavy (non-hydrogen) atoms. The molecule has 0 spiro atoms. The smallest absolute Gasteiger partial charge is 0.237 e. The van der Waals surface area contributed by atoms with Gasteiger partial charge in [0.1, 0.15) is 5.75 Å². The van der Waals surface area contributed by atoms with Crippen molar-refractivity contribution in [3.8, 4) is 5.75 Å². The number of hydrogen-bond acceptors (Lipinski definition) is 6. The van der Waals surface area contributed by atoms with Crippen molar-refractivity contribution in [3.63, 3.8) is 0 Å². The van der Waals surface area contributed by atoms with Gasteiger partial charge in [0.2, 0.25) is 11.8 Å². The Morgan fingerprint density at radius 3 is 2.76 bits per heavy atom. The van der Waals surface area contributed by atoms with Crippen molar-refractivity contribution in [1.82, 2.24) is 15.2 Å². The Bertz CT molecular complexity index is 846. The Balaban J connectivity index is 1.44. The molecular weight excluding hydrogens is 388 g/mol. The maximum atomic E-state index is 12.6. The van der Waals surface area contributed by atoms with E-state index in [2.05, 4.69) is 20.5 Å². The van der Waals surface area contributed by atoms with Crippen molar-refractivity contribution in [2.75, 3.05) is 25.5 Å². The van der Waals surface area contributed by atoms with E-state index in [0.717, 1.165) is 42.9 Å². The topological polar surface area (TPSA) is 83.6 Å². The maximum absolute atomic E-state index is 12.6. The number of aryl methyl sites for hydroxylation is 1. The highest BCUT2D eigenvalue weighted by molar-refractivity contribution is 7.13. The van der Waals surface area contributed by atoms with Crippen molar-refractivity contribution in [1.29, 1.82) is 0 Å². The van der Waals surface area contributed by atoms with Gasteiger partial charge >= 0.3 is 0 Å². The number of hydrogen-bond donors (Lipinski definition) is 2. The van der Waals surface area contributed by atoms with Crippen molar-refractivity contribution in [3.05, 3.63) is 40.9 Å². The normalized spacial score (nSPS) is 16.2. The highest BCUT2D eigenvalue weighted by Gasteiger charge is 2.30. The Morgan fingerprint density at radius 2 is 2.10 bits per heavy atom. The van der Waals surface area contributed by atoms with Crippen molar-refractivity contribution in [2.45, 2.75) is 39.3 Å². The van der Waals surface area contributed by atoms with Crippen LogP contribution in [0.3, 0.4) is 0 Å². The standard InChI is InChI=1S/C21H28N4O3S/c1-14-13-29-21(23-14)24-20(27)17-7-9-25(10-8-17)15(2)19(26)22-12-16-5-4-6-18(11-16)28-3/h4-6,11,13,15,17H,7-10,12H2,1-3H3,(H,22,26)(H,23,24,27). The van der Waals surface area contributed by atoms with E-state index in [0.29, 0.717) is 11.7 Å². The Labute approximate surface area is 175 Å². The van der Waals surface area contributed by atoms with Gasteiger partial charge in [-0.2, -0.15) is 0 Å². The van der Waals surface area contributed by atoms with Crippen molar-refractivity contribution in [2.24, 2.45) is 5.92 Å². The molecule has 1 atom stereocenters. The van der Waals surface area contributed by atoms with Gasteiger partial charge in [-0.1, -0.05) is 12.1 Å². The van der Waals surface area contributed by atoms with Gasteiger partial charge in [-0.25, -0.2) is 4.98 Å². The monoisotopic (exact) mass is 416 g/mol. The Kier molecular flexibility index (Phi) is 7.22. The molecule has 1 aliphatic rings. The van der Waals surface area contributed by atoms with Crippen LogP contribution >= 0.6 is 11.3 Å². The molecule has 1 unspecified atom stereocenters. The lowest BCUT2D eigenvalue weighted by Gasteiger charge is -2.34. The summed E-state index contributed by atoms with van der Waals surface area (Å²) in [6, 6.07) is 7.43. The molecule has 2 aromatic rings. The summed E-state index contributed by atoms with van der Waals surface area (Å²) in [5, 5.41) is 8.48. The zero-order valence-electron chi connectivity index (χ0n) is 17.1. The second-order valence-electron chi connectivity index (χ2n) is 7.34. The van der Waals surface area contributed by atoms with E-state index in [1.54, 1.807) is 7.11 Å². The third-order valence-electron chi connectivity index (χ3n) is 5.28. The summed E-state index contributed by atoms with van der Waals surface area (Å²) in [5.74, 6) is 0.753. The second-order valence-corrected chi connectivity index (χ2v) is 8.20. The molecule has 0 saturated carbocycles. The minimum atomic E-state index is -0.230. The van der Waals surface area contributed by atoms with Crippen LogP contribution in [0.4, 0.5) is 5.13 Å². The zero-order valence-corrected chi connectivity index (χ0v) is 17.9. The summed E-state index contributed by atoms with van der Waals surface area (Å²) in [7, 11) is 1.63. The molecule has 1 saturated heterocycles. The SMILES string of the molecule is COc1cccc(CNC(=O)C(C)N2CCC(C(=O)Nc3nc(C)cs3)CC2)c1. The Hall–Kier alpha value is -2.45. The molecular formula is C21H28N4O3S.